The third-order valence-electron chi connectivity index (χ3n) is 4.76. The maximum absolute atomic E-state index is 12.9. The van der Waals surface area contributed by atoms with Crippen LogP contribution in [-0.2, 0) is 14.3 Å². The second-order valence-electron chi connectivity index (χ2n) is 7.07. The van der Waals surface area contributed by atoms with E-state index < -0.39 is 23.8 Å². The molecule has 1 heterocycles. The van der Waals surface area contributed by atoms with Crippen molar-refractivity contribution < 1.29 is 19.4 Å². The van der Waals surface area contributed by atoms with Crippen LogP contribution >= 0.6 is 11.6 Å². The van der Waals surface area contributed by atoms with E-state index in [1.165, 1.54) is 0 Å². The maximum atomic E-state index is 12.9. The van der Waals surface area contributed by atoms with Crippen molar-refractivity contribution in [2.75, 3.05) is 6.61 Å². The van der Waals surface area contributed by atoms with E-state index in [9.17, 15) is 20.0 Å². The highest BCUT2D eigenvalue weighted by Crippen LogP contribution is 2.39. The molecule has 148 valence electrons. The molecule has 2 atom stereocenters. The van der Waals surface area contributed by atoms with Gasteiger partial charge in [0.05, 0.1) is 29.1 Å². The summed E-state index contributed by atoms with van der Waals surface area (Å²) in [6.07, 6.45) is 0. The molecule has 28 heavy (non-hydrogen) atoms. The van der Waals surface area contributed by atoms with Gasteiger partial charge in [0.15, 0.2) is 0 Å². The number of nitrogens with one attached hydrogen (secondary N) is 1. The molecule has 1 aliphatic rings. The maximum Gasteiger partial charge on any atom is 0.336 e. The molecule has 0 aliphatic carbocycles. The Balaban J connectivity index is 2.47. The highest BCUT2D eigenvalue weighted by atomic mass is 35.5. The zero-order valence-electron chi connectivity index (χ0n) is 16.2. The molecular weight excluding hydrogens is 380 g/mol. The molecule has 2 rings (SSSR count). The fourth-order valence-electron chi connectivity index (χ4n) is 3.19. The van der Waals surface area contributed by atoms with Crippen molar-refractivity contribution in [2.45, 2.75) is 33.6 Å². The lowest BCUT2D eigenvalue weighted by atomic mass is 9.80. The van der Waals surface area contributed by atoms with Gasteiger partial charge in [0, 0.05) is 16.4 Å². The molecule has 1 aliphatic heterocycles. The van der Waals surface area contributed by atoms with Crippen molar-refractivity contribution in [2.24, 2.45) is 11.8 Å². The zero-order chi connectivity index (χ0) is 21.0. The third kappa shape index (κ3) is 4.55. The molecular formula is C21H23ClN2O4. The Morgan fingerprint density at radius 1 is 1.29 bits per heavy atom. The van der Waals surface area contributed by atoms with E-state index in [4.69, 9.17) is 16.3 Å². The van der Waals surface area contributed by atoms with Crippen LogP contribution in [0.5, 0.6) is 0 Å². The Morgan fingerprint density at radius 3 is 2.46 bits per heavy atom. The van der Waals surface area contributed by atoms with Gasteiger partial charge in [-0.3, -0.25) is 0 Å². The Kier molecular flexibility index (Phi) is 6.87. The quantitative estimate of drug-likeness (QED) is 0.697. The second kappa shape index (κ2) is 8.94. The Bertz CT molecular complexity index is 896. The van der Waals surface area contributed by atoms with Crippen LogP contribution < -0.4 is 5.32 Å². The number of dihydropyridines is 1. The van der Waals surface area contributed by atoms with E-state index in [0.717, 1.165) is 0 Å². The van der Waals surface area contributed by atoms with Crippen LogP contribution in [0.25, 0.3) is 0 Å². The summed E-state index contributed by atoms with van der Waals surface area (Å²) < 4.78 is 5.40. The summed E-state index contributed by atoms with van der Waals surface area (Å²) in [6.45, 7) is 7.03. The van der Waals surface area contributed by atoms with E-state index in [-0.39, 0.29) is 23.7 Å². The van der Waals surface area contributed by atoms with Gasteiger partial charge in [-0.2, -0.15) is 5.26 Å². The van der Waals surface area contributed by atoms with Crippen LogP contribution in [0.2, 0.25) is 5.02 Å². The van der Waals surface area contributed by atoms with Crippen molar-refractivity contribution in [3.63, 3.8) is 0 Å². The molecule has 2 unspecified atom stereocenters. The van der Waals surface area contributed by atoms with Crippen LogP contribution in [0.15, 0.2) is 46.8 Å². The summed E-state index contributed by atoms with van der Waals surface area (Å²) in [7, 11) is 0. The average Bonchev–Trinajstić information content (AvgIpc) is 2.60. The summed E-state index contributed by atoms with van der Waals surface area (Å²) in [6, 6.07) is 8.88. The van der Waals surface area contributed by atoms with Crippen LogP contribution in [0.4, 0.5) is 0 Å². The SMILES string of the molecule is CC1=C(C(=O)O)C(c2cccc(Cl)c2)C(C(=O)OCC(C#N)C(C)C)=C(C)N1. The fraction of sp³-hybridized carbons (Fsp3) is 0.381. The van der Waals surface area contributed by atoms with Crippen molar-refractivity contribution >= 4 is 23.5 Å². The highest BCUT2D eigenvalue weighted by Gasteiger charge is 2.37. The number of halogens is 1. The zero-order valence-corrected chi connectivity index (χ0v) is 17.0. The molecule has 0 bridgehead atoms. The molecule has 2 N–H and O–H groups in total. The summed E-state index contributed by atoms with van der Waals surface area (Å²) >= 11 is 6.10. The lowest BCUT2D eigenvalue weighted by molar-refractivity contribution is -0.140. The van der Waals surface area contributed by atoms with Gasteiger partial charge in [0.1, 0.15) is 6.61 Å². The van der Waals surface area contributed by atoms with Gasteiger partial charge in [-0.05, 0) is 37.5 Å². The molecule has 0 saturated carbocycles. The molecule has 0 radical (unpaired) electrons. The molecule has 0 saturated heterocycles. The van der Waals surface area contributed by atoms with E-state index in [0.29, 0.717) is 22.0 Å². The molecule has 0 aromatic heterocycles. The predicted octanol–water partition coefficient (Wildman–Crippen LogP) is 4.00. The first-order chi connectivity index (χ1) is 13.2. The topological polar surface area (TPSA) is 99.4 Å². The van der Waals surface area contributed by atoms with Crippen molar-refractivity contribution in [1.82, 2.24) is 5.32 Å². The van der Waals surface area contributed by atoms with Gasteiger partial charge in [0.25, 0.3) is 0 Å². The minimum absolute atomic E-state index is 0.0257. The number of ether oxygens (including phenoxy) is 1. The molecule has 7 heteroatoms. The van der Waals surface area contributed by atoms with E-state index in [2.05, 4.69) is 11.4 Å². The smallest absolute Gasteiger partial charge is 0.336 e. The molecule has 0 fully saturated rings. The van der Waals surface area contributed by atoms with Gasteiger partial charge in [-0.1, -0.05) is 37.6 Å². The minimum Gasteiger partial charge on any atom is -0.478 e. The number of rotatable bonds is 6. The molecule has 1 aromatic rings. The number of hydrogen-bond acceptors (Lipinski definition) is 5. The van der Waals surface area contributed by atoms with Gasteiger partial charge in [-0.15, -0.1) is 0 Å². The number of carboxylic acid groups (broad SMARTS) is 1. The Labute approximate surface area is 169 Å². The Hall–Kier alpha value is -2.78. The summed E-state index contributed by atoms with van der Waals surface area (Å²) in [5, 5.41) is 22.4. The standard InChI is InChI=1S/C21H23ClN2O4/c1-11(2)15(9-23)10-28-21(27)18-13(4)24-12(3)17(20(25)26)19(18)14-6-5-7-16(22)8-14/h5-8,11,15,19,24H,10H2,1-4H3,(H,25,26). The number of esters is 1. The van der Waals surface area contributed by atoms with Gasteiger partial charge in [0.2, 0.25) is 0 Å². The lowest BCUT2D eigenvalue weighted by Gasteiger charge is -2.30. The second-order valence-corrected chi connectivity index (χ2v) is 7.51. The number of allylic oxidation sites excluding steroid dienone is 2. The molecule has 0 spiro atoms. The van der Waals surface area contributed by atoms with Gasteiger partial charge in [-0.25, -0.2) is 9.59 Å². The van der Waals surface area contributed by atoms with Crippen LogP contribution in [0.1, 0.15) is 39.2 Å². The first-order valence-electron chi connectivity index (χ1n) is 8.91. The van der Waals surface area contributed by atoms with E-state index >= 15 is 0 Å². The van der Waals surface area contributed by atoms with Gasteiger partial charge < -0.3 is 15.2 Å². The number of carboxylic acids is 1. The van der Waals surface area contributed by atoms with E-state index in [1.54, 1.807) is 38.1 Å². The third-order valence-corrected chi connectivity index (χ3v) is 4.99. The van der Waals surface area contributed by atoms with Crippen LogP contribution in [0, 0.1) is 23.2 Å². The fourth-order valence-corrected chi connectivity index (χ4v) is 3.39. The van der Waals surface area contributed by atoms with Crippen molar-refractivity contribution in [3.05, 3.63) is 57.4 Å². The minimum atomic E-state index is -1.13. The largest absolute Gasteiger partial charge is 0.478 e. The number of nitriles is 1. The molecule has 6 nitrogen and oxygen atoms in total. The van der Waals surface area contributed by atoms with E-state index in [1.807, 2.05) is 13.8 Å². The number of benzene rings is 1. The Morgan fingerprint density at radius 2 is 1.93 bits per heavy atom. The van der Waals surface area contributed by atoms with Crippen molar-refractivity contribution in [3.8, 4) is 6.07 Å². The average molecular weight is 403 g/mol. The summed E-state index contributed by atoms with van der Waals surface area (Å²) in [4.78, 5) is 24.9. The van der Waals surface area contributed by atoms with Crippen LogP contribution in [0.3, 0.4) is 0 Å². The lowest BCUT2D eigenvalue weighted by Crippen LogP contribution is -2.32. The predicted molar refractivity (Wildman–Crippen MR) is 105 cm³/mol. The number of carbonyl (C=O) groups is 2. The van der Waals surface area contributed by atoms with Crippen molar-refractivity contribution in [1.29, 1.82) is 5.26 Å². The first kappa shape index (κ1) is 21.5. The number of hydrogen-bond donors (Lipinski definition) is 2. The highest BCUT2D eigenvalue weighted by molar-refractivity contribution is 6.30. The normalized spacial score (nSPS) is 17.8. The number of aliphatic carboxylic acids is 1. The van der Waals surface area contributed by atoms with Crippen LogP contribution in [-0.4, -0.2) is 23.7 Å². The first-order valence-corrected chi connectivity index (χ1v) is 9.29. The molecule has 0 amide bonds. The summed E-state index contributed by atoms with van der Waals surface area (Å²) in [5.41, 5.74) is 1.79. The van der Waals surface area contributed by atoms with Gasteiger partial charge >= 0.3 is 11.9 Å². The summed E-state index contributed by atoms with van der Waals surface area (Å²) in [5.74, 6) is -3.03. The number of nitrogens with zero attached hydrogens (tertiary/aromatic N) is 1. The monoisotopic (exact) mass is 402 g/mol. The number of carbonyl (C=O) groups excluding carboxylic acids is 1. The molecule has 1 aromatic carbocycles.